The Morgan fingerprint density at radius 3 is 3.00 bits per heavy atom. The minimum absolute atomic E-state index is 0.492. The Kier molecular flexibility index (Phi) is 3.03. The van der Waals surface area contributed by atoms with Crippen LogP contribution in [-0.4, -0.2) is 49.6 Å². The maximum Gasteiger partial charge on any atom is 0.191 e. The minimum Gasteiger partial charge on any atom is -0.355 e. The summed E-state index contributed by atoms with van der Waals surface area (Å²) in [5, 5.41) is 6.59. The number of nitrogens with one attached hydrogen (secondary N) is 2. The average molecular weight is 194 g/mol. The minimum atomic E-state index is 0.492. The van der Waals surface area contributed by atoms with Gasteiger partial charge in [-0.2, -0.15) is 0 Å². The summed E-state index contributed by atoms with van der Waals surface area (Å²) in [5.74, 6) is 0.963. The Labute approximate surface area is 85.1 Å². The molecule has 1 atom stereocenters. The van der Waals surface area contributed by atoms with E-state index in [4.69, 9.17) is 0 Å². The summed E-state index contributed by atoms with van der Waals surface area (Å²) in [6.45, 7) is 7.29. The number of nitrogens with zero attached hydrogens (tertiary/aromatic N) is 2. The second kappa shape index (κ2) is 4.46. The summed E-state index contributed by atoms with van der Waals surface area (Å²) in [6, 6.07) is 0.492. The molecule has 0 spiro atoms. The van der Waals surface area contributed by atoms with E-state index in [0.717, 1.165) is 38.7 Å². The van der Waals surface area contributed by atoms with Crippen molar-refractivity contribution in [2.24, 2.45) is 4.99 Å². The number of hydrogen-bond acceptors (Lipinski definition) is 4. The van der Waals surface area contributed by atoms with E-state index < -0.39 is 0 Å². The molecule has 0 fully saturated rings. The maximum absolute atomic E-state index is 4.34. The van der Waals surface area contributed by atoms with Crippen molar-refractivity contribution in [1.29, 1.82) is 0 Å². The van der Waals surface area contributed by atoms with Crippen molar-refractivity contribution in [1.82, 2.24) is 15.5 Å². The van der Waals surface area contributed by atoms with Crippen molar-refractivity contribution in [2.75, 3.05) is 32.7 Å². The van der Waals surface area contributed by atoms with Gasteiger partial charge in [-0.05, 0) is 6.92 Å². The Morgan fingerprint density at radius 2 is 2.36 bits per heavy atom. The Hall–Kier alpha value is -1.03. The molecule has 0 aromatic carbocycles. The van der Waals surface area contributed by atoms with Gasteiger partial charge in [0.05, 0.1) is 6.54 Å². The third-order valence-electron chi connectivity index (χ3n) is 2.52. The second-order valence-corrected chi connectivity index (χ2v) is 3.89. The van der Waals surface area contributed by atoms with E-state index >= 15 is 0 Å². The lowest BCUT2D eigenvalue weighted by Gasteiger charge is -2.15. The lowest BCUT2D eigenvalue weighted by molar-refractivity contribution is 0.357. The Morgan fingerprint density at radius 1 is 1.57 bits per heavy atom. The highest BCUT2D eigenvalue weighted by atomic mass is 15.2. The molecule has 2 aliphatic heterocycles. The van der Waals surface area contributed by atoms with Gasteiger partial charge < -0.3 is 10.6 Å². The van der Waals surface area contributed by atoms with Crippen LogP contribution in [0, 0.1) is 0 Å². The molecule has 2 heterocycles. The smallest absolute Gasteiger partial charge is 0.191 e. The molecule has 0 saturated carbocycles. The van der Waals surface area contributed by atoms with E-state index in [1.807, 2.05) is 0 Å². The Bertz CT molecular complexity index is 239. The lowest BCUT2D eigenvalue weighted by atomic mass is 10.4. The van der Waals surface area contributed by atoms with Crippen LogP contribution in [0.2, 0.25) is 0 Å². The van der Waals surface area contributed by atoms with Gasteiger partial charge in [0.25, 0.3) is 0 Å². The van der Waals surface area contributed by atoms with Crippen LogP contribution >= 0.6 is 0 Å². The normalized spacial score (nSPS) is 26.4. The van der Waals surface area contributed by atoms with Crippen LogP contribution in [0.25, 0.3) is 0 Å². The monoisotopic (exact) mass is 194 g/mol. The molecule has 14 heavy (non-hydrogen) atoms. The summed E-state index contributed by atoms with van der Waals surface area (Å²) in [4.78, 5) is 6.74. The van der Waals surface area contributed by atoms with Crippen molar-refractivity contribution in [3.8, 4) is 0 Å². The van der Waals surface area contributed by atoms with Crippen molar-refractivity contribution >= 4 is 5.96 Å². The summed E-state index contributed by atoms with van der Waals surface area (Å²) in [7, 11) is 0. The first kappa shape index (κ1) is 9.52. The van der Waals surface area contributed by atoms with E-state index in [1.54, 1.807) is 0 Å². The number of guanidine groups is 1. The predicted octanol–water partition coefficient (Wildman–Crippen LogP) is -0.204. The van der Waals surface area contributed by atoms with Crippen molar-refractivity contribution in [3.05, 3.63) is 12.2 Å². The average Bonchev–Trinajstić information content (AvgIpc) is 2.77. The van der Waals surface area contributed by atoms with Crippen LogP contribution in [0.3, 0.4) is 0 Å². The van der Waals surface area contributed by atoms with Gasteiger partial charge in [0.1, 0.15) is 0 Å². The van der Waals surface area contributed by atoms with Crippen LogP contribution in [0.4, 0.5) is 0 Å². The summed E-state index contributed by atoms with van der Waals surface area (Å²) >= 11 is 0. The van der Waals surface area contributed by atoms with E-state index in [9.17, 15) is 0 Å². The van der Waals surface area contributed by atoms with Crippen molar-refractivity contribution < 1.29 is 0 Å². The zero-order valence-corrected chi connectivity index (χ0v) is 8.66. The number of rotatable bonds is 3. The van der Waals surface area contributed by atoms with Gasteiger partial charge in [0.15, 0.2) is 5.96 Å². The fraction of sp³-hybridized carbons (Fsp3) is 0.700. The molecule has 2 N–H and O–H groups in total. The van der Waals surface area contributed by atoms with E-state index in [2.05, 4.69) is 39.6 Å². The molecule has 0 bridgehead atoms. The van der Waals surface area contributed by atoms with Crippen LogP contribution < -0.4 is 10.6 Å². The molecule has 4 heteroatoms. The van der Waals surface area contributed by atoms with Crippen LogP contribution in [0.15, 0.2) is 17.1 Å². The molecule has 0 aliphatic carbocycles. The lowest BCUT2D eigenvalue weighted by Crippen LogP contribution is -2.41. The molecule has 0 radical (unpaired) electrons. The SMILES string of the molecule is CC1CN=C(NCCN2CC=CC2)N1. The third-order valence-corrected chi connectivity index (χ3v) is 2.52. The van der Waals surface area contributed by atoms with Crippen molar-refractivity contribution in [2.45, 2.75) is 13.0 Å². The first-order valence-corrected chi connectivity index (χ1v) is 5.27. The summed E-state index contributed by atoms with van der Waals surface area (Å²) < 4.78 is 0. The maximum atomic E-state index is 4.34. The first-order chi connectivity index (χ1) is 6.84. The molecule has 78 valence electrons. The molecular formula is C10H18N4. The molecule has 2 aliphatic rings. The molecule has 0 amide bonds. The van der Waals surface area contributed by atoms with Gasteiger partial charge in [-0.15, -0.1) is 0 Å². The second-order valence-electron chi connectivity index (χ2n) is 3.89. The van der Waals surface area contributed by atoms with Crippen LogP contribution in [0.1, 0.15) is 6.92 Å². The first-order valence-electron chi connectivity index (χ1n) is 5.27. The Balaban J connectivity index is 1.59. The molecule has 4 nitrogen and oxygen atoms in total. The molecule has 0 saturated heterocycles. The van der Waals surface area contributed by atoms with Gasteiger partial charge >= 0.3 is 0 Å². The molecule has 2 rings (SSSR count). The van der Waals surface area contributed by atoms with Gasteiger partial charge in [-0.1, -0.05) is 12.2 Å². The molecule has 0 aromatic rings. The number of hydrogen-bond donors (Lipinski definition) is 2. The van der Waals surface area contributed by atoms with E-state index in [-0.39, 0.29) is 0 Å². The highest BCUT2D eigenvalue weighted by Gasteiger charge is 2.12. The quantitative estimate of drug-likeness (QED) is 0.611. The van der Waals surface area contributed by atoms with Gasteiger partial charge in [-0.25, -0.2) is 0 Å². The zero-order valence-electron chi connectivity index (χ0n) is 8.66. The standard InChI is InChI=1S/C10H18N4/c1-9-8-12-10(13-9)11-4-7-14-5-2-3-6-14/h2-3,9H,4-8H2,1H3,(H2,11,12,13). The van der Waals surface area contributed by atoms with Crippen LogP contribution in [-0.2, 0) is 0 Å². The largest absolute Gasteiger partial charge is 0.355 e. The van der Waals surface area contributed by atoms with E-state index in [0.29, 0.717) is 6.04 Å². The van der Waals surface area contributed by atoms with E-state index in [1.165, 1.54) is 0 Å². The fourth-order valence-corrected chi connectivity index (χ4v) is 1.70. The van der Waals surface area contributed by atoms with Gasteiger partial charge in [0, 0.05) is 32.2 Å². The zero-order chi connectivity index (χ0) is 9.80. The van der Waals surface area contributed by atoms with Gasteiger partial charge in [-0.3, -0.25) is 9.89 Å². The van der Waals surface area contributed by atoms with Crippen molar-refractivity contribution in [3.63, 3.8) is 0 Å². The van der Waals surface area contributed by atoms with Crippen LogP contribution in [0.5, 0.6) is 0 Å². The highest BCUT2D eigenvalue weighted by molar-refractivity contribution is 5.81. The van der Waals surface area contributed by atoms with Gasteiger partial charge in [0.2, 0.25) is 0 Å². The topological polar surface area (TPSA) is 39.7 Å². The predicted molar refractivity (Wildman–Crippen MR) is 58.5 cm³/mol. The summed E-state index contributed by atoms with van der Waals surface area (Å²) in [6.07, 6.45) is 4.43. The third kappa shape index (κ3) is 2.48. The molecular weight excluding hydrogens is 176 g/mol. The molecule has 0 aromatic heterocycles. The number of aliphatic imine (C=N–C) groups is 1. The highest BCUT2D eigenvalue weighted by Crippen LogP contribution is 1.97. The summed E-state index contributed by atoms with van der Waals surface area (Å²) in [5.41, 5.74) is 0. The fourth-order valence-electron chi connectivity index (χ4n) is 1.70. The molecule has 1 unspecified atom stereocenters.